The highest BCUT2D eigenvalue weighted by molar-refractivity contribution is 6.12. The van der Waals surface area contributed by atoms with E-state index in [2.05, 4.69) is 187 Å². The Morgan fingerprint density at radius 3 is 1.36 bits per heavy atom. The van der Waals surface area contributed by atoms with Crippen molar-refractivity contribution in [2.75, 3.05) is 4.90 Å². The highest BCUT2D eigenvalue weighted by Gasteiger charge is 2.53. The van der Waals surface area contributed by atoms with E-state index in [-0.39, 0.29) is 0 Å². The average molecular weight is 1060 g/mol. The Morgan fingerprint density at radius 1 is 0.386 bits per heavy atom. The number of fused-ring (bicyclic) bond motifs is 20. The zero-order valence-corrected chi connectivity index (χ0v) is 44.0. The fourth-order valence-electron chi connectivity index (χ4n) is 14.0. The number of pyridine rings is 2. The first-order valence-electron chi connectivity index (χ1n) is 27.5. The molecule has 1 atom stereocenters. The van der Waals surface area contributed by atoms with Crippen molar-refractivity contribution < 1.29 is 9.47 Å². The van der Waals surface area contributed by atoms with Gasteiger partial charge in [0.2, 0.25) is 0 Å². The van der Waals surface area contributed by atoms with Gasteiger partial charge in [0.25, 0.3) is 0 Å². The molecule has 2 aliphatic heterocycles. The van der Waals surface area contributed by atoms with Crippen molar-refractivity contribution in [2.45, 2.75) is 5.41 Å². The number of para-hydroxylation sites is 8. The van der Waals surface area contributed by atoms with Gasteiger partial charge in [0.15, 0.2) is 17.2 Å². The lowest BCUT2D eigenvalue weighted by Gasteiger charge is -2.40. The highest BCUT2D eigenvalue weighted by Crippen LogP contribution is 2.63. The van der Waals surface area contributed by atoms with Crippen molar-refractivity contribution in [3.63, 3.8) is 0 Å². The second-order valence-corrected chi connectivity index (χ2v) is 21.5. The van der Waals surface area contributed by atoms with Gasteiger partial charge in [-0.3, -0.25) is 9.97 Å². The Hall–Kier alpha value is -11.7. The molecule has 0 saturated heterocycles. The van der Waals surface area contributed by atoms with Crippen LogP contribution in [0, 0.1) is 17.9 Å². The number of hydrogen-bond donors (Lipinski definition) is 0. The second-order valence-electron chi connectivity index (χ2n) is 21.5. The predicted octanol–water partition coefficient (Wildman–Crippen LogP) is 18.2. The first-order valence-corrected chi connectivity index (χ1v) is 27.5. The van der Waals surface area contributed by atoms with Crippen molar-refractivity contribution in [1.82, 2.24) is 23.7 Å². The second kappa shape index (κ2) is 16.7. The first kappa shape index (κ1) is 45.2. The number of benzene rings is 10. The molecule has 1 unspecified atom stereocenters. The minimum Gasteiger partial charge on any atom is -0.457 e. The molecule has 0 N–H and O–H groups in total. The number of rotatable bonds is 4. The van der Waals surface area contributed by atoms with E-state index in [1.165, 1.54) is 10.8 Å². The summed E-state index contributed by atoms with van der Waals surface area (Å²) in [7, 11) is 0. The van der Waals surface area contributed by atoms with Crippen LogP contribution in [0.5, 0.6) is 23.0 Å². The third-order valence-electron chi connectivity index (χ3n) is 17.4. The lowest BCUT2D eigenvalue weighted by atomic mass is 9.66. The van der Waals surface area contributed by atoms with Gasteiger partial charge < -0.3 is 28.1 Å². The Morgan fingerprint density at radius 2 is 0.819 bits per heavy atom. The molecule has 83 heavy (non-hydrogen) atoms. The number of ether oxygens (including phenoxy) is 2. The van der Waals surface area contributed by atoms with Crippen LogP contribution >= 0.6 is 0 Å². The molecule has 0 amide bonds. The molecular weight excluding hydrogens is 1020 g/mol. The molecule has 15 aromatic rings. The lowest BCUT2D eigenvalue weighted by Crippen LogP contribution is -2.33. The van der Waals surface area contributed by atoms with Crippen LogP contribution in [-0.4, -0.2) is 23.7 Å². The van der Waals surface area contributed by atoms with Crippen LogP contribution in [0.15, 0.2) is 243 Å². The van der Waals surface area contributed by atoms with Gasteiger partial charge in [-0.25, -0.2) is 4.85 Å². The van der Waals surface area contributed by atoms with E-state index >= 15 is 0 Å². The van der Waals surface area contributed by atoms with Crippen molar-refractivity contribution in [2.24, 2.45) is 0 Å². The largest absolute Gasteiger partial charge is 0.457 e. The zero-order valence-electron chi connectivity index (χ0n) is 44.0. The summed E-state index contributed by atoms with van der Waals surface area (Å²) >= 11 is 0. The third-order valence-corrected chi connectivity index (χ3v) is 17.4. The van der Waals surface area contributed by atoms with E-state index in [9.17, 15) is 5.26 Å². The molecule has 1 aliphatic carbocycles. The predicted molar refractivity (Wildman–Crippen MR) is 328 cm³/mol. The van der Waals surface area contributed by atoms with Crippen molar-refractivity contribution in [1.29, 1.82) is 5.26 Å². The minimum absolute atomic E-state index is 0.580. The topological polar surface area (TPSA) is 90.4 Å². The standard InChI is InChI=1S/C73H40N8O2/c1-75-44-27-33-64-54(35-44)52-17-5-9-21-62(52)81(64)48-37-58-72(77-42-48)71-57(36-47(41-76-71)80-61-20-8-4-16-51(61)53-34-43(40-74)26-32-63(53)80)73(58)55-30-28-45(78-59-18-6-2-14-49(59)50-15-3-7-19-60(50)78)38-69(55)83-70-39-46(29-31-56(70)73)79-65-22-10-12-24-67(65)82-68-25-13-11-23-66(68)79/h2-39,41-42H. The SMILES string of the molecule is [C-]#[N+]c1ccc2c(c1)c1ccccc1n2-c1cnc2c(c1)C1(c3ccc(N4c5ccccc5Oc5ccccc54)cc3Oc3cc(-n4c5ccccc5c5ccccc54)ccc31)c1cc(-n3c4ccccc4c4cc(C#N)ccc43)cnc1-2. The normalized spacial score (nSPS) is 14.5. The molecule has 384 valence electrons. The van der Waals surface area contributed by atoms with E-state index in [1.807, 2.05) is 85.2 Å². The van der Waals surface area contributed by atoms with E-state index in [1.54, 1.807) is 0 Å². The van der Waals surface area contributed by atoms with Crippen LogP contribution in [0.4, 0.5) is 22.7 Å². The molecule has 10 heteroatoms. The molecule has 0 saturated carbocycles. The minimum atomic E-state index is -1.08. The first-order chi connectivity index (χ1) is 41.0. The van der Waals surface area contributed by atoms with Crippen LogP contribution < -0.4 is 14.4 Å². The van der Waals surface area contributed by atoms with Crippen LogP contribution in [0.1, 0.15) is 27.8 Å². The van der Waals surface area contributed by atoms with Gasteiger partial charge in [0, 0.05) is 67.0 Å². The molecule has 5 aromatic heterocycles. The van der Waals surface area contributed by atoms with Crippen LogP contribution in [-0.2, 0) is 5.41 Å². The maximum atomic E-state index is 10.1. The molecule has 10 aromatic carbocycles. The highest BCUT2D eigenvalue weighted by atomic mass is 16.5. The van der Waals surface area contributed by atoms with Gasteiger partial charge in [-0.1, -0.05) is 115 Å². The van der Waals surface area contributed by atoms with Gasteiger partial charge in [0.05, 0.1) is 109 Å². The number of anilines is 3. The van der Waals surface area contributed by atoms with Crippen molar-refractivity contribution >= 4 is 88.2 Å². The number of hydrogen-bond acceptors (Lipinski definition) is 6. The summed E-state index contributed by atoms with van der Waals surface area (Å²) in [6.45, 7) is 7.96. The third kappa shape index (κ3) is 6.07. The van der Waals surface area contributed by atoms with Gasteiger partial charge in [-0.2, -0.15) is 5.26 Å². The molecule has 7 heterocycles. The molecule has 0 bridgehead atoms. The van der Waals surface area contributed by atoms with Crippen LogP contribution in [0.2, 0.25) is 0 Å². The summed E-state index contributed by atoms with van der Waals surface area (Å²) in [6.07, 6.45) is 3.93. The van der Waals surface area contributed by atoms with Crippen molar-refractivity contribution in [3.8, 4) is 57.5 Å². The number of nitrogens with zero attached hydrogens (tertiary/aromatic N) is 8. The lowest BCUT2D eigenvalue weighted by molar-refractivity contribution is 0.436. The van der Waals surface area contributed by atoms with E-state index in [0.29, 0.717) is 22.7 Å². The Kier molecular flexibility index (Phi) is 9.07. The summed E-state index contributed by atoms with van der Waals surface area (Å²) in [6, 6.07) is 82.4. The molecular formula is C73H40N8O2. The summed E-state index contributed by atoms with van der Waals surface area (Å²) in [4.78, 5) is 17.2. The average Bonchev–Trinajstić information content (AvgIpc) is 2.01. The van der Waals surface area contributed by atoms with Gasteiger partial charge in [0.1, 0.15) is 11.5 Å². The van der Waals surface area contributed by atoms with E-state index in [0.717, 1.165) is 134 Å². The van der Waals surface area contributed by atoms with Gasteiger partial charge >= 0.3 is 0 Å². The summed E-state index contributed by atoms with van der Waals surface area (Å²) in [5, 5.41) is 16.5. The van der Waals surface area contributed by atoms with Crippen molar-refractivity contribution in [3.05, 3.63) is 282 Å². The Labute approximate surface area is 474 Å². The zero-order chi connectivity index (χ0) is 54.7. The Balaban J connectivity index is 0.958. The molecule has 3 aliphatic rings. The maximum Gasteiger partial charge on any atom is 0.188 e. The molecule has 0 radical (unpaired) electrons. The summed E-state index contributed by atoms with van der Waals surface area (Å²) in [5.41, 5.74) is 16.9. The Bertz CT molecular complexity index is 5200. The molecule has 10 nitrogen and oxygen atoms in total. The quantitative estimate of drug-likeness (QED) is 0.163. The van der Waals surface area contributed by atoms with E-state index in [4.69, 9.17) is 26.0 Å². The monoisotopic (exact) mass is 1060 g/mol. The molecule has 1 spiro atoms. The van der Waals surface area contributed by atoms with E-state index < -0.39 is 5.41 Å². The van der Waals surface area contributed by atoms with Crippen LogP contribution in [0.25, 0.3) is 98.7 Å². The van der Waals surface area contributed by atoms with Crippen LogP contribution in [0.3, 0.4) is 0 Å². The summed E-state index contributed by atoms with van der Waals surface area (Å²) < 4.78 is 21.0. The van der Waals surface area contributed by atoms with Gasteiger partial charge in [-0.15, -0.1) is 0 Å². The summed E-state index contributed by atoms with van der Waals surface area (Å²) in [5.74, 6) is 2.87. The number of nitriles is 1. The number of aromatic nitrogens is 5. The maximum absolute atomic E-state index is 10.1. The fraction of sp³-hybridized carbons (Fsp3) is 0.0137. The molecule has 18 rings (SSSR count). The fourth-order valence-corrected chi connectivity index (χ4v) is 14.0. The van der Waals surface area contributed by atoms with Gasteiger partial charge in [-0.05, 0) is 109 Å². The molecule has 0 fully saturated rings. The smallest absolute Gasteiger partial charge is 0.188 e.